The van der Waals surface area contributed by atoms with Crippen molar-refractivity contribution < 1.29 is 78.0 Å². The van der Waals surface area contributed by atoms with E-state index in [1.165, 1.54) is 5.06 Å². The molecular formula is C55H63N3O16. The van der Waals surface area contributed by atoms with Crippen LogP contribution >= 0.6 is 0 Å². The molecule has 5 aliphatic rings. The van der Waals surface area contributed by atoms with Crippen molar-refractivity contribution in [2.24, 2.45) is 5.41 Å². The van der Waals surface area contributed by atoms with E-state index in [0.29, 0.717) is 16.7 Å². The highest BCUT2D eigenvalue weighted by Crippen LogP contribution is 2.59. The first-order valence-corrected chi connectivity index (χ1v) is 24.8. The summed E-state index contributed by atoms with van der Waals surface area (Å²) in [5, 5.41) is 57.4. The van der Waals surface area contributed by atoms with Crippen molar-refractivity contribution in [1.29, 1.82) is 0 Å². The first-order chi connectivity index (χ1) is 35.5. The molecule has 0 spiro atoms. The molecule has 4 aliphatic heterocycles. The van der Waals surface area contributed by atoms with Crippen LogP contribution < -0.4 is 10.6 Å². The number of fused-ring (bicyclic) bond motifs is 4. The second kappa shape index (κ2) is 22.1. The number of carbonyl (C=O) groups excluding carboxylic acids is 4. The molecule has 5 fully saturated rings. The average molecular weight is 1020 g/mol. The SMILES string of the molecule is CC(C)(C)OC(=O)CC[C@@H](CO)NC(=O)c1cccc(CNC(=O)[C@@]23C[C@H]4OC(=O)[C@@H]2N(Cc2ccc(C=CCO[C@H]5O[C@H](CO)[C@H](O)[C@H](O)[C@H]5O)cc2)O[C@@H]3[C@H]2OC(c3ccccc3)(c3ccccc3)O[C@H]24)c1. The number of aliphatic hydroxyl groups is 5. The summed E-state index contributed by atoms with van der Waals surface area (Å²) < 4.78 is 36.7. The van der Waals surface area contributed by atoms with Gasteiger partial charge in [-0.3, -0.25) is 24.0 Å². The number of nitrogens with zero attached hydrogens (tertiary/aromatic N) is 1. The van der Waals surface area contributed by atoms with Gasteiger partial charge in [-0.25, -0.2) is 0 Å². The van der Waals surface area contributed by atoms with Crippen LogP contribution in [0.15, 0.2) is 115 Å². The lowest BCUT2D eigenvalue weighted by Gasteiger charge is -2.48. The first-order valence-electron chi connectivity index (χ1n) is 24.8. The third-order valence-electron chi connectivity index (χ3n) is 14.0. The zero-order valence-electron chi connectivity index (χ0n) is 41.2. The van der Waals surface area contributed by atoms with Gasteiger partial charge in [-0.15, -0.1) is 0 Å². The summed E-state index contributed by atoms with van der Waals surface area (Å²) in [5.74, 6) is -3.54. The number of aliphatic hydroxyl groups excluding tert-OH is 5. The van der Waals surface area contributed by atoms with Gasteiger partial charge in [0.2, 0.25) is 11.7 Å². The quantitative estimate of drug-likeness (QED) is 0.0707. The fourth-order valence-electron chi connectivity index (χ4n) is 10.5. The zero-order chi connectivity index (χ0) is 52.4. The van der Waals surface area contributed by atoms with Gasteiger partial charge in [-0.05, 0) is 56.0 Å². The maximum absolute atomic E-state index is 15.2. The minimum atomic E-state index is -1.56. The molecule has 2 amide bonds. The summed E-state index contributed by atoms with van der Waals surface area (Å²) in [4.78, 5) is 62.4. The normalized spacial score (nSPS) is 29.5. The average Bonchev–Trinajstić information content (AvgIpc) is 4.03. The molecule has 0 aromatic heterocycles. The predicted octanol–water partition coefficient (Wildman–Crippen LogP) is 2.53. The molecular weight excluding hydrogens is 959 g/mol. The number of nitrogens with one attached hydrogen (secondary N) is 2. The molecule has 394 valence electrons. The number of ether oxygens (including phenoxy) is 6. The highest BCUT2D eigenvalue weighted by molar-refractivity contribution is 5.95. The van der Waals surface area contributed by atoms with Crippen molar-refractivity contribution in [2.75, 3.05) is 19.8 Å². The standard InChI is InChI=1S/C55H63N3O16/c1-53(2,3)71-41(61)24-23-38(30-59)57-49(65)35-14-10-12-34(26-35)28-56-52(67)54-27-39-45-46(73-55(72-45,36-15-6-4-7-16-36)37-17-8-5-9-18-37)48(54)74-58(47(54)50(66)69-39)29-33-21-19-32(20-22-33)13-11-25-68-51-44(64)43(63)42(62)40(31-60)70-51/h4-22,26,38-40,42-48,51,59-60,62-64H,23-25,27-31H2,1-3H3,(H,56,67)(H,57,65)/t38-,39+,40+,42-,43-,44+,45-,46-,47-,48+,51-,54-/m0/s1. The van der Waals surface area contributed by atoms with E-state index in [-0.39, 0.29) is 44.5 Å². The van der Waals surface area contributed by atoms with Crippen molar-refractivity contribution in [1.82, 2.24) is 15.7 Å². The Morgan fingerprint density at radius 3 is 2.20 bits per heavy atom. The van der Waals surface area contributed by atoms with Gasteiger partial charge in [0.15, 0.2) is 12.3 Å². The Morgan fingerprint density at radius 1 is 0.851 bits per heavy atom. The van der Waals surface area contributed by atoms with Crippen LogP contribution in [-0.4, -0.2) is 147 Å². The Balaban J connectivity index is 0.944. The van der Waals surface area contributed by atoms with Gasteiger partial charge in [0, 0.05) is 36.1 Å². The molecule has 19 nitrogen and oxygen atoms in total. The van der Waals surface area contributed by atoms with Crippen molar-refractivity contribution in [3.63, 3.8) is 0 Å². The van der Waals surface area contributed by atoms with Crippen molar-refractivity contribution in [3.05, 3.63) is 149 Å². The lowest BCUT2D eigenvalue weighted by Crippen LogP contribution is -2.69. The Hall–Kier alpha value is -5.94. The fraction of sp³-hybridized carbons (Fsp3) is 0.455. The van der Waals surface area contributed by atoms with E-state index in [4.69, 9.17) is 33.3 Å². The Morgan fingerprint density at radius 2 is 1.54 bits per heavy atom. The molecule has 0 unspecified atom stereocenters. The minimum Gasteiger partial charge on any atom is -0.460 e. The Labute approximate surface area is 427 Å². The van der Waals surface area contributed by atoms with E-state index >= 15 is 4.79 Å². The maximum atomic E-state index is 15.2. The molecule has 0 radical (unpaired) electrons. The summed E-state index contributed by atoms with van der Waals surface area (Å²) in [5.41, 5.74) is 1.50. The second-order valence-electron chi connectivity index (χ2n) is 20.3. The first kappa shape index (κ1) is 52.9. The monoisotopic (exact) mass is 1020 g/mol. The maximum Gasteiger partial charge on any atom is 0.327 e. The molecule has 4 heterocycles. The van der Waals surface area contributed by atoms with Gasteiger partial charge in [0.1, 0.15) is 59.8 Å². The zero-order valence-corrected chi connectivity index (χ0v) is 41.2. The van der Waals surface area contributed by atoms with Crippen molar-refractivity contribution >= 4 is 29.8 Å². The van der Waals surface area contributed by atoms with Crippen molar-refractivity contribution in [2.45, 2.75) is 132 Å². The van der Waals surface area contributed by atoms with E-state index in [0.717, 1.165) is 11.1 Å². The minimum absolute atomic E-state index is 0.00594. The van der Waals surface area contributed by atoms with Gasteiger partial charge < -0.3 is 64.6 Å². The number of benzene rings is 4. The summed E-state index contributed by atoms with van der Waals surface area (Å²) >= 11 is 0. The molecule has 4 aromatic carbocycles. The van der Waals surface area contributed by atoms with Crippen LogP contribution in [0.4, 0.5) is 0 Å². The number of carbonyl (C=O) groups is 4. The van der Waals surface area contributed by atoms with Crippen LogP contribution in [0, 0.1) is 5.41 Å². The molecule has 1 aliphatic carbocycles. The summed E-state index contributed by atoms with van der Waals surface area (Å²) in [6.07, 6.45) is -7.04. The van der Waals surface area contributed by atoms with E-state index in [2.05, 4.69) is 10.6 Å². The smallest absolute Gasteiger partial charge is 0.327 e. The number of hydroxylamine groups is 2. The third-order valence-corrected chi connectivity index (χ3v) is 14.0. The molecule has 12 atom stereocenters. The van der Waals surface area contributed by atoms with Gasteiger partial charge in [0.05, 0.1) is 32.4 Å². The van der Waals surface area contributed by atoms with Gasteiger partial charge >= 0.3 is 11.9 Å². The Kier molecular flexibility index (Phi) is 15.8. The lowest BCUT2D eigenvalue weighted by molar-refractivity contribution is -0.298. The van der Waals surface area contributed by atoms with E-state index in [1.54, 1.807) is 57.2 Å². The van der Waals surface area contributed by atoms with Gasteiger partial charge in [0.25, 0.3) is 5.91 Å². The molecule has 9 rings (SSSR count). The topological polar surface area (TPSA) is 261 Å². The molecule has 74 heavy (non-hydrogen) atoms. The van der Waals surface area contributed by atoms with Crippen LogP contribution in [0.2, 0.25) is 0 Å². The van der Waals surface area contributed by atoms with Crippen LogP contribution in [0.3, 0.4) is 0 Å². The highest BCUT2D eigenvalue weighted by atomic mass is 16.8. The number of hydrogen-bond donors (Lipinski definition) is 7. The molecule has 4 saturated heterocycles. The van der Waals surface area contributed by atoms with Crippen LogP contribution in [0.25, 0.3) is 6.08 Å². The highest BCUT2D eigenvalue weighted by Gasteiger charge is 2.76. The fourth-order valence-corrected chi connectivity index (χ4v) is 10.5. The van der Waals surface area contributed by atoms with Crippen LogP contribution in [0.1, 0.15) is 78.2 Å². The summed E-state index contributed by atoms with van der Waals surface area (Å²) in [6, 6.07) is 30.9. The molecule has 4 aromatic rings. The summed E-state index contributed by atoms with van der Waals surface area (Å²) in [6.45, 7) is 4.30. The number of esters is 2. The number of rotatable bonds is 18. The molecule has 1 saturated carbocycles. The van der Waals surface area contributed by atoms with Crippen LogP contribution in [0.5, 0.6) is 0 Å². The van der Waals surface area contributed by atoms with E-state index in [1.807, 2.05) is 84.9 Å². The number of hydrogen-bond acceptors (Lipinski definition) is 17. The van der Waals surface area contributed by atoms with Crippen LogP contribution in [-0.2, 0) is 66.5 Å². The van der Waals surface area contributed by atoms with Gasteiger partial charge in [-0.2, -0.15) is 5.06 Å². The largest absolute Gasteiger partial charge is 0.460 e. The van der Waals surface area contributed by atoms with Gasteiger partial charge in [-0.1, -0.05) is 109 Å². The molecule has 7 N–H and O–H groups in total. The van der Waals surface area contributed by atoms with E-state index in [9.17, 15) is 39.9 Å². The predicted molar refractivity (Wildman–Crippen MR) is 261 cm³/mol. The number of amides is 2. The second-order valence-corrected chi connectivity index (χ2v) is 20.3. The third kappa shape index (κ3) is 10.8. The van der Waals surface area contributed by atoms with Crippen molar-refractivity contribution in [3.8, 4) is 0 Å². The summed E-state index contributed by atoms with van der Waals surface area (Å²) in [7, 11) is 0. The lowest BCUT2D eigenvalue weighted by atomic mass is 9.62. The molecule has 2 bridgehead atoms. The molecule has 19 heteroatoms. The van der Waals surface area contributed by atoms with E-state index < -0.39 is 121 Å². The Bertz CT molecular complexity index is 2610.